The van der Waals surface area contributed by atoms with E-state index >= 15 is 0 Å². The molecule has 0 heterocycles. The molecule has 0 bridgehead atoms. The molecule has 14 heavy (non-hydrogen) atoms. The first-order valence-electron chi connectivity index (χ1n) is 4.75. The van der Waals surface area contributed by atoms with E-state index in [0.717, 1.165) is 5.56 Å². The number of benzene rings is 1. The Morgan fingerprint density at radius 1 is 1.36 bits per heavy atom. The normalized spacial score (nSPS) is 15.7. The minimum atomic E-state index is -1.42. The molecular weight excluding hydrogens is 198 g/mol. The third-order valence-corrected chi connectivity index (χ3v) is 2.97. The fourth-order valence-electron chi connectivity index (χ4n) is 1.81. The van der Waals surface area contributed by atoms with Gasteiger partial charge in [-0.05, 0) is 54.4 Å². The van der Waals surface area contributed by atoms with Gasteiger partial charge in [-0.1, -0.05) is 11.6 Å². The number of rotatable bonds is 2. The Labute approximate surface area is 88.7 Å². The Hall–Kier alpha value is -0.505. The molecule has 0 saturated heterocycles. The summed E-state index contributed by atoms with van der Waals surface area (Å²) >= 11 is 5.92. The van der Waals surface area contributed by atoms with Crippen LogP contribution in [0.25, 0.3) is 0 Å². The van der Waals surface area contributed by atoms with E-state index in [-0.39, 0.29) is 0 Å². The molecule has 1 saturated carbocycles. The second kappa shape index (κ2) is 3.57. The molecule has 1 fully saturated rings. The molecule has 0 radical (unpaired) electrons. The molecule has 2 nitrogen and oxygen atoms in total. The number of hydrogen-bond donors (Lipinski definition) is 2. The van der Waals surface area contributed by atoms with Crippen molar-refractivity contribution in [3.05, 3.63) is 28.3 Å². The summed E-state index contributed by atoms with van der Waals surface area (Å²) in [5, 5.41) is 18.9. The molecule has 0 aliphatic heterocycles. The van der Waals surface area contributed by atoms with Crippen LogP contribution in [0.3, 0.4) is 0 Å². The maximum absolute atomic E-state index is 9.15. The van der Waals surface area contributed by atoms with E-state index in [0.29, 0.717) is 16.4 Å². The molecule has 4 heteroatoms. The maximum Gasteiger partial charge on any atom is 0.488 e. The van der Waals surface area contributed by atoms with E-state index in [9.17, 15) is 0 Å². The van der Waals surface area contributed by atoms with Gasteiger partial charge in [-0.2, -0.15) is 0 Å². The summed E-state index contributed by atoms with van der Waals surface area (Å²) < 4.78 is 0. The first-order valence-corrected chi connectivity index (χ1v) is 5.13. The first kappa shape index (κ1) is 10.0. The molecular formula is C10H12BClO2. The monoisotopic (exact) mass is 210 g/mol. The van der Waals surface area contributed by atoms with Gasteiger partial charge in [-0.15, -0.1) is 0 Å². The molecule has 1 aliphatic carbocycles. The summed E-state index contributed by atoms with van der Waals surface area (Å²) in [6, 6.07) is 3.55. The molecule has 0 spiro atoms. The van der Waals surface area contributed by atoms with Crippen molar-refractivity contribution in [2.75, 3.05) is 0 Å². The van der Waals surface area contributed by atoms with Crippen LogP contribution >= 0.6 is 11.6 Å². The lowest BCUT2D eigenvalue weighted by Crippen LogP contribution is -2.32. The summed E-state index contributed by atoms with van der Waals surface area (Å²) in [5.74, 6) is 0.575. The van der Waals surface area contributed by atoms with Crippen molar-refractivity contribution < 1.29 is 10.0 Å². The first-order chi connectivity index (χ1) is 6.59. The van der Waals surface area contributed by atoms with Crippen LogP contribution in [0.4, 0.5) is 0 Å². The third-order valence-electron chi connectivity index (χ3n) is 2.75. The number of halogens is 1. The molecule has 2 rings (SSSR count). The van der Waals surface area contributed by atoms with Gasteiger partial charge < -0.3 is 10.0 Å². The van der Waals surface area contributed by atoms with Crippen molar-refractivity contribution in [2.24, 2.45) is 0 Å². The van der Waals surface area contributed by atoms with Crippen molar-refractivity contribution >= 4 is 24.2 Å². The van der Waals surface area contributed by atoms with Crippen molar-refractivity contribution in [2.45, 2.75) is 25.7 Å². The lowest BCUT2D eigenvalue weighted by molar-refractivity contribution is 0.425. The van der Waals surface area contributed by atoms with Crippen LogP contribution in [0.2, 0.25) is 5.02 Å². The summed E-state index contributed by atoms with van der Waals surface area (Å²) in [7, 11) is -1.42. The topological polar surface area (TPSA) is 40.5 Å². The van der Waals surface area contributed by atoms with Gasteiger partial charge in [0.15, 0.2) is 0 Å². The van der Waals surface area contributed by atoms with Gasteiger partial charge in [0, 0.05) is 5.02 Å². The zero-order valence-electron chi connectivity index (χ0n) is 8.00. The van der Waals surface area contributed by atoms with Crippen LogP contribution in [-0.2, 0) is 0 Å². The van der Waals surface area contributed by atoms with Crippen LogP contribution in [0.15, 0.2) is 12.1 Å². The van der Waals surface area contributed by atoms with Gasteiger partial charge in [0.1, 0.15) is 0 Å². The Balaban J connectivity index is 2.49. The highest BCUT2D eigenvalue weighted by Gasteiger charge is 2.28. The Morgan fingerprint density at radius 3 is 2.50 bits per heavy atom. The van der Waals surface area contributed by atoms with E-state index in [4.69, 9.17) is 21.6 Å². The molecule has 2 N–H and O–H groups in total. The predicted octanol–water partition coefficient (Wildman–Crippen LogP) is 1.21. The second-order valence-electron chi connectivity index (χ2n) is 3.86. The van der Waals surface area contributed by atoms with Gasteiger partial charge in [-0.3, -0.25) is 0 Å². The highest BCUT2D eigenvalue weighted by molar-refractivity contribution is 6.59. The van der Waals surface area contributed by atoms with Gasteiger partial charge in [0.2, 0.25) is 0 Å². The SMILES string of the molecule is Cc1c(B(O)O)cc(Cl)cc1C1CC1. The molecule has 1 aromatic rings. The molecule has 1 aromatic carbocycles. The summed E-state index contributed by atoms with van der Waals surface area (Å²) in [6.07, 6.45) is 2.37. The summed E-state index contributed by atoms with van der Waals surface area (Å²) in [4.78, 5) is 0. The van der Waals surface area contributed by atoms with E-state index in [1.807, 2.05) is 13.0 Å². The van der Waals surface area contributed by atoms with Gasteiger partial charge in [0.25, 0.3) is 0 Å². The van der Waals surface area contributed by atoms with Gasteiger partial charge in [0.05, 0.1) is 0 Å². The van der Waals surface area contributed by atoms with Crippen LogP contribution in [0, 0.1) is 6.92 Å². The Kier molecular flexibility index (Phi) is 2.56. The Morgan fingerprint density at radius 2 is 2.00 bits per heavy atom. The zero-order valence-corrected chi connectivity index (χ0v) is 8.75. The standard InChI is InChI=1S/C10H12BClO2/c1-6-9(7-2-3-7)4-8(12)5-10(6)11(13)14/h4-5,7,13-14H,2-3H2,1H3. The van der Waals surface area contributed by atoms with Crippen LogP contribution in [0.5, 0.6) is 0 Å². The smallest absolute Gasteiger partial charge is 0.423 e. The summed E-state index contributed by atoms with van der Waals surface area (Å²) in [5.41, 5.74) is 2.66. The average molecular weight is 210 g/mol. The van der Waals surface area contributed by atoms with Gasteiger partial charge in [-0.25, -0.2) is 0 Å². The van der Waals surface area contributed by atoms with Crippen molar-refractivity contribution in [1.29, 1.82) is 0 Å². The average Bonchev–Trinajstić information content (AvgIpc) is 2.91. The van der Waals surface area contributed by atoms with Crippen LogP contribution < -0.4 is 5.46 Å². The van der Waals surface area contributed by atoms with E-state index in [2.05, 4.69) is 0 Å². The quantitative estimate of drug-likeness (QED) is 0.720. The third kappa shape index (κ3) is 1.80. The van der Waals surface area contributed by atoms with E-state index in [1.165, 1.54) is 18.4 Å². The van der Waals surface area contributed by atoms with Crippen LogP contribution in [0.1, 0.15) is 29.9 Å². The van der Waals surface area contributed by atoms with Crippen molar-refractivity contribution in [3.8, 4) is 0 Å². The van der Waals surface area contributed by atoms with E-state index in [1.54, 1.807) is 6.07 Å². The van der Waals surface area contributed by atoms with Crippen molar-refractivity contribution in [1.82, 2.24) is 0 Å². The minimum absolute atomic E-state index is 0.527. The fraction of sp³-hybridized carbons (Fsp3) is 0.400. The largest absolute Gasteiger partial charge is 0.488 e. The summed E-state index contributed by atoms with van der Waals surface area (Å²) in [6.45, 7) is 1.92. The number of hydrogen-bond acceptors (Lipinski definition) is 2. The minimum Gasteiger partial charge on any atom is -0.423 e. The molecule has 1 aliphatic rings. The zero-order chi connectivity index (χ0) is 10.3. The Bertz CT molecular complexity index is 338. The maximum atomic E-state index is 9.15. The second-order valence-corrected chi connectivity index (χ2v) is 4.29. The van der Waals surface area contributed by atoms with Crippen molar-refractivity contribution in [3.63, 3.8) is 0 Å². The molecule has 0 amide bonds. The highest BCUT2D eigenvalue weighted by atomic mass is 35.5. The molecule has 74 valence electrons. The molecule has 0 aromatic heterocycles. The lowest BCUT2D eigenvalue weighted by Gasteiger charge is -2.11. The molecule has 0 atom stereocenters. The lowest BCUT2D eigenvalue weighted by atomic mass is 9.75. The van der Waals surface area contributed by atoms with E-state index < -0.39 is 7.12 Å². The fourth-order valence-corrected chi connectivity index (χ4v) is 2.04. The van der Waals surface area contributed by atoms with Gasteiger partial charge >= 0.3 is 7.12 Å². The molecule has 0 unspecified atom stereocenters. The highest BCUT2D eigenvalue weighted by Crippen LogP contribution is 2.41. The van der Waals surface area contributed by atoms with Crippen LogP contribution in [-0.4, -0.2) is 17.2 Å². The predicted molar refractivity (Wildman–Crippen MR) is 58.0 cm³/mol.